The van der Waals surface area contributed by atoms with Crippen molar-refractivity contribution in [3.05, 3.63) is 107 Å². The number of hydrogen-bond donors (Lipinski definition) is 1. The minimum atomic E-state index is -0.302. The number of carbonyl (C=O) groups excluding carboxylic acids is 1. The van der Waals surface area contributed by atoms with Crippen molar-refractivity contribution in [3.8, 4) is 11.4 Å². The van der Waals surface area contributed by atoms with Crippen LogP contribution in [0.2, 0.25) is 0 Å². The third-order valence-electron chi connectivity index (χ3n) is 6.68. The van der Waals surface area contributed by atoms with Gasteiger partial charge in [-0.05, 0) is 68.2 Å². The van der Waals surface area contributed by atoms with Crippen LogP contribution >= 0.6 is 0 Å². The quantitative estimate of drug-likeness (QED) is 0.385. The highest BCUT2D eigenvalue weighted by Gasteiger charge is 2.28. The van der Waals surface area contributed by atoms with Gasteiger partial charge in [-0.1, -0.05) is 65.3 Å². The van der Waals surface area contributed by atoms with Gasteiger partial charge in [0.15, 0.2) is 0 Å². The van der Waals surface area contributed by atoms with Crippen LogP contribution in [0.3, 0.4) is 0 Å². The Hall–Kier alpha value is -3.84. The molecule has 7 heteroatoms. The van der Waals surface area contributed by atoms with Gasteiger partial charge >= 0.3 is 0 Å². The van der Waals surface area contributed by atoms with Crippen molar-refractivity contribution in [2.24, 2.45) is 5.92 Å². The van der Waals surface area contributed by atoms with Gasteiger partial charge in [0, 0.05) is 11.5 Å². The van der Waals surface area contributed by atoms with E-state index in [1.165, 1.54) is 17.7 Å². The zero-order valence-corrected chi connectivity index (χ0v) is 20.2. The fraction of sp³-hybridized carbons (Fsp3) is 0.276. The number of hydrogen-bond acceptors (Lipinski definition) is 5. The number of aromatic nitrogens is 2. The van der Waals surface area contributed by atoms with E-state index in [1.54, 1.807) is 12.1 Å². The summed E-state index contributed by atoms with van der Waals surface area (Å²) in [6.07, 6.45) is 1.53. The molecule has 1 amide bonds. The standard InChI is InChI=1S/C29H29FN4O2/c1-20-6-5-9-24(18-20)27(21-7-3-2-4-8-21)32-29(35)23-14-16-34(17-15-23)19-26-31-28(33-36-26)22-10-12-25(30)13-11-22/h2-13,18,23,27H,14-17,19H2,1H3,(H,32,35). The average Bonchev–Trinajstić information content (AvgIpc) is 3.37. The van der Waals surface area contributed by atoms with Gasteiger partial charge in [-0.25, -0.2) is 4.39 Å². The van der Waals surface area contributed by atoms with E-state index in [-0.39, 0.29) is 23.7 Å². The number of benzene rings is 3. The first-order chi connectivity index (χ1) is 17.5. The minimum absolute atomic E-state index is 0.0465. The summed E-state index contributed by atoms with van der Waals surface area (Å²) in [5.41, 5.74) is 4.03. The lowest BCUT2D eigenvalue weighted by molar-refractivity contribution is -0.127. The maximum absolute atomic E-state index is 13.3. The number of piperidine rings is 1. The molecule has 2 heterocycles. The van der Waals surface area contributed by atoms with E-state index in [0.717, 1.165) is 37.1 Å². The number of likely N-dealkylation sites (tertiary alicyclic amines) is 1. The van der Waals surface area contributed by atoms with Crippen LogP contribution in [0.15, 0.2) is 83.4 Å². The van der Waals surface area contributed by atoms with E-state index >= 15 is 0 Å². The molecule has 1 fully saturated rings. The molecular weight excluding hydrogens is 455 g/mol. The topological polar surface area (TPSA) is 71.3 Å². The van der Waals surface area contributed by atoms with Crippen molar-refractivity contribution in [3.63, 3.8) is 0 Å². The molecule has 1 atom stereocenters. The van der Waals surface area contributed by atoms with Crippen molar-refractivity contribution in [2.45, 2.75) is 32.4 Å². The Balaban J connectivity index is 1.19. The smallest absolute Gasteiger partial charge is 0.241 e. The predicted octanol–water partition coefficient (Wildman–Crippen LogP) is 5.30. The number of aryl methyl sites for hydroxylation is 1. The zero-order chi connectivity index (χ0) is 24.9. The summed E-state index contributed by atoms with van der Waals surface area (Å²) in [6.45, 7) is 4.13. The van der Waals surface area contributed by atoms with Crippen LogP contribution in [0.4, 0.5) is 4.39 Å². The molecule has 0 bridgehead atoms. The molecule has 0 radical (unpaired) electrons. The molecule has 5 rings (SSSR count). The molecular formula is C29H29FN4O2. The molecule has 1 aliphatic rings. The monoisotopic (exact) mass is 484 g/mol. The Morgan fingerprint density at radius 1 is 1.03 bits per heavy atom. The summed E-state index contributed by atoms with van der Waals surface area (Å²) in [7, 11) is 0. The summed E-state index contributed by atoms with van der Waals surface area (Å²) in [5.74, 6) is 0.697. The average molecular weight is 485 g/mol. The Labute approximate surface area is 210 Å². The van der Waals surface area contributed by atoms with Gasteiger partial charge in [-0.3, -0.25) is 9.69 Å². The summed E-state index contributed by atoms with van der Waals surface area (Å²) in [6, 6.07) is 24.2. The van der Waals surface area contributed by atoms with E-state index in [1.807, 2.05) is 24.3 Å². The second kappa shape index (κ2) is 10.8. The van der Waals surface area contributed by atoms with Crippen LogP contribution in [-0.4, -0.2) is 34.0 Å². The lowest BCUT2D eigenvalue weighted by Gasteiger charge is -2.31. The van der Waals surface area contributed by atoms with Crippen LogP contribution in [0.25, 0.3) is 11.4 Å². The molecule has 1 unspecified atom stereocenters. The van der Waals surface area contributed by atoms with Gasteiger partial charge in [-0.15, -0.1) is 0 Å². The molecule has 1 aliphatic heterocycles. The number of nitrogens with one attached hydrogen (secondary N) is 1. The fourth-order valence-electron chi connectivity index (χ4n) is 4.69. The van der Waals surface area contributed by atoms with Crippen LogP contribution in [0.5, 0.6) is 0 Å². The Morgan fingerprint density at radius 3 is 2.47 bits per heavy atom. The number of halogens is 1. The summed E-state index contributed by atoms with van der Waals surface area (Å²) in [4.78, 5) is 20.0. The van der Waals surface area contributed by atoms with Gasteiger partial charge in [0.25, 0.3) is 0 Å². The predicted molar refractivity (Wildman–Crippen MR) is 135 cm³/mol. The third-order valence-corrected chi connectivity index (χ3v) is 6.68. The normalized spacial score (nSPS) is 15.5. The lowest BCUT2D eigenvalue weighted by atomic mass is 9.93. The first-order valence-electron chi connectivity index (χ1n) is 12.3. The summed E-state index contributed by atoms with van der Waals surface area (Å²) >= 11 is 0. The van der Waals surface area contributed by atoms with Gasteiger partial charge < -0.3 is 9.84 Å². The van der Waals surface area contributed by atoms with Crippen LogP contribution < -0.4 is 5.32 Å². The first-order valence-corrected chi connectivity index (χ1v) is 12.3. The van der Waals surface area contributed by atoms with E-state index in [0.29, 0.717) is 23.8 Å². The lowest BCUT2D eigenvalue weighted by Crippen LogP contribution is -2.41. The van der Waals surface area contributed by atoms with Crippen molar-refractivity contribution in [1.29, 1.82) is 0 Å². The fourth-order valence-corrected chi connectivity index (χ4v) is 4.69. The third kappa shape index (κ3) is 5.69. The Bertz CT molecular complexity index is 1300. The van der Waals surface area contributed by atoms with Gasteiger partial charge in [-0.2, -0.15) is 4.98 Å². The second-order valence-corrected chi connectivity index (χ2v) is 9.34. The Kier molecular flexibility index (Phi) is 7.18. The van der Waals surface area contributed by atoms with Gasteiger partial charge in [0.1, 0.15) is 5.82 Å². The summed E-state index contributed by atoms with van der Waals surface area (Å²) < 4.78 is 18.6. The van der Waals surface area contributed by atoms with E-state index in [2.05, 4.69) is 57.6 Å². The van der Waals surface area contributed by atoms with Crippen LogP contribution in [-0.2, 0) is 11.3 Å². The Morgan fingerprint density at radius 2 is 1.75 bits per heavy atom. The van der Waals surface area contributed by atoms with Gasteiger partial charge in [0.2, 0.25) is 17.6 Å². The molecule has 1 aromatic heterocycles. The molecule has 3 aromatic carbocycles. The number of amides is 1. The maximum Gasteiger partial charge on any atom is 0.241 e. The SMILES string of the molecule is Cc1cccc(C(NC(=O)C2CCN(Cc3nc(-c4ccc(F)cc4)no3)CC2)c2ccccc2)c1. The molecule has 184 valence electrons. The molecule has 4 aromatic rings. The highest BCUT2D eigenvalue weighted by Crippen LogP contribution is 2.26. The molecule has 36 heavy (non-hydrogen) atoms. The molecule has 1 N–H and O–H groups in total. The molecule has 6 nitrogen and oxygen atoms in total. The highest BCUT2D eigenvalue weighted by atomic mass is 19.1. The number of nitrogens with zero attached hydrogens (tertiary/aromatic N) is 3. The summed E-state index contributed by atoms with van der Waals surface area (Å²) in [5, 5.41) is 7.33. The van der Waals surface area contributed by atoms with E-state index in [4.69, 9.17) is 4.52 Å². The van der Waals surface area contributed by atoms with Crippen molar-refractivity contribution in [1.82, 2.24) is 20.4 Å². The molecule has 0 spiro atoms. The number of carbonyl (C=O) groups is 1. The molecule has 0 aliphatic carbocycles. The maximum atomic E-state index is 13.3. The van der Waals surface area contributed by atoms with Crippen molar-refractivity contribution >= 4 is 5.91 Å². The molecule has 0 saturated carbocycles. The molecule has 1 saturated heterocycles. The number of rotatable bonds is 7. The van der Waals surface area contributed by atoms with E-state index < -0.39 is 0 Å². The van der Waals surface area contributed by atoms with Crippen LogP contribution in [0, 0.1) is 18.7 Å². The van der Waals surface area contributed by atoms with Crippen molar-refractivity contribution in [2.75, 3.05) is 13.1 Å². The van der Waals surface area contributed by atoms with Crippen LogP contribution in [0.1, 0.15) is 41.5 Å². The zero-order valence-electron chi connectivity index (χ0n) is 20.2. The minimum Gasteiger partial charge on any atom is -0.345 e. The highest BCUT2D eigenvalue weighted by molar-refractivity contribution is 5.79. The van der Waals surface area contributed by atoms with Crippen molar-refractivity contribution < 1.29 is 13.7 Å². The largest absolute Gasteiger partial charge is 0.345 e. The van der Waals surface area contributed by atoms with Gasteiger partial charge in [0.05, 0.1) is 12.6 Å². The second-order valence-electron chi connectivity index (χ2n) is 9.34. The first kappa shape index (κ1) is 23.9. The van der Waals surface area contributed by atoms with E-state index in [9.17, 15) is 9.18 Å².